The van der Waals surface area contributed by atoms with Crippen molar-refractivity contribution in [1.29, 1.82) is 0 Å². The van der Waals surface area contributed by atoms with Crippen LogP contribution in [0.4, 0.5) is 0 Å². The summed E-state index contributed by atoms with van der Waals surface area (Å²) >= 11 is 0. The Balaban J connectivity index is 1.44. The molecule has 150 valence electrons. The third-order valence-corrected chi connectivity index (χ3v) is 5.13. The van der Waals surface area contributed by atoms with Crippen LogP contribution >= 0.6 is 0 Å². The van der Waals surface area contributed by atoms with E-state index in [-0.39, 0.29) is 11.9 Å². The Kier molecular flexibility index (Phi) is 7.23. The molecule has 0 bridgehead atoms. The molecule has 0 aromatic carbocycles. The number of hydrogen-bond donors (Lipinski definition) is 0. The zero-order valence-electron chi connectivity index (χ0n) is 16.0. The van der Waals surface area contributed by atoms with E-state index in [9.17, 15) is 9.59 Å². The first-order valence-electron chi connectivity index (χ1n) is 9.83. The van der Waals surface area contributed by atoms with E-state index in [2.05, 4.69) is 9.55 Å². The first-order chi connectivity index (χ1) is 13.2. The van der Waals surface area contributed by atoms with Gasteiger partial charge < -0.3 is 23.7 Å². The van der Waals surface area contributed by atoms with Crippen molar-refractivity contribution in [3.63, 3.8) is 0 Å². The summed E-state index contributed by atoms with van der Waals surface area (Å²) in [6.45, 7) is 6.64. The SMILES string of the molecule is CCOCCOCCn1ccnc1C1CCN(C(=O)C2CCC(=O)O2)CC1. The van der Waals surface area contributed by atoms with E-state index in [0.717, 1.165) is 25.2 Å². The minimum Gasteiger partial charge on any atom is -0.452 e. The van der Waals surface area contributed by atoms with Crippen molar-refractivity contribution in [1.82, 2.24) is 14.5 Å². The van der Waals surface area contributed by atoms with Gasteiger partial charge in [-0.25, -0.2) is 4.98 Å². The Morgan fingerprint density at radius 2 is 2.00 bits per heavy atom. The van der Waals surface area contributed by atoms with Gasteiger partial charge in [0.1, 0.15) is 5.82 Å². The van der Waals surface area contributed by atoms with Gasteiger partial charge in [-0.2, -0.15) is 0 Å². The number of imidazole rings is 1. The average Bonchev–Trinajstić information content (AvgIpc) is 3.33. The highest BCUT2D eigenvalue weighted by molar-refractivity contribution is 5.86. The third kappa shape index (κ3) is 5.29. The maximum atomic E-state index is 12.5. The molecule has 8 heteroatoms. The Hall–Kier alpha value is -1.93. The number of aromatic nitrogens is 2. The van der Waals surface area contributed by atoms with Crippen LogP contribution in [0.5, 0.6) is 0 Å². The maximum Gasteiger partial charge on any atom is 0.306 e. The van der Waals surface area contributed by atoms with Gasteiger partial charge in [0.05, 0.1) is 19.8 Å². The van der Waals surface area contributed by atoms with E-state index in [1.54, 1.807) is 0 Å². The number of carbonyl (C=O) groups excluding carboxylic acids is 2. The van der Waals surface area contributed by atoms with Crippen molar-refractivity contribution in [3.8, 4) is 0 Å². The molecule has 2 aliphatic heterocycles. The number of piperidine rings is 1. The number of ether oxygens (including phenoxy) is 3. The van der Waals surface area contributed by atoms with Gasteiger partial charge in [0, 0.05) is 57.4 Å². The molecule has 2 aliphatic rings. The van der Waals surface area contributed by atoms with E-state index in [0.29, 0.717) is 58.3 Å². The van der Waals surface area contributed by atoms with Gasteiger partial charge in [0.25, 0.3) is 5.91 Å². The Labute approximate surface area is 159 Å². The molecule has 3 heterocycles. The lowest BCUT2D eigenvalue weighted by Crippen LogP contribution is -2.43. The lowest BCUT2D eigenvalue weighted by Gasteiger charge is -2.33. The third-order valence-electron chi connectivity index (χ3n) is 5.13. The number of rotatable bonds is 9. The molecule has 8 nitrogen and oxygen atoms in total. The van der Waals surface area contributed by atoms with Gasteiger partial charge in [-0.1, -0.05) is 0 Å². The topological polar surface area (TPSA) is 82.9 Å². The van der Waals surface area contributed by atoms with Crippen LogP contribution in [0.15, 0.2) is 12.4 Å². The molecule has 0 aliphatic carbocycles. The fraction of sp³-hybridized carbons (Fsp3) is 0.737. The fourth-order valence-electron chi connectivity index (χ4n) is 3.66. The minimum absolute atomic E-state index is 0.0506. The summed E-state index contributed by atoms with van der Waals surface area (Å²) < 4.78 is 18.1. The molecule has 0 spiro atoms. The molecule has 2 fully saturated rings. The van der Waals surface area contributed by atoms with E-state index >= 15 is 0 Å². The molecule has 0 radical (unpaired) electrons. The highest BCUT2D eigenvalue weighted by atomic mass is 16.6. The molecule has 1 aromatic heterocycles. The van der Waals surface area contributed by atoms with Crippen molar-refractivity contribution in [2.75, 3.05) is 39.5 Å². The van der Waals surface area contributed by atoms with Crippen LogP contribution in [0.2, 0.25) is 0 Å². The Morgan fingerprint density at radius 3 is 2.70 bits per heavy atom. The lowest BCUT2D eigenvalue weighted by atomic mass is 9.95. The quantitative estimate of drug-likeness (QED) is 0.476. The number of likely N-dealkylation sites (tertiary alicyclic amines) is 1. The van der Waals surface area contributed by atoms with Crippen molar-refractivity contribution < 1.29 is 23.8 Å². The highest BCUT2D eigenvalue weighted by Crippen LogP contribution is 2.28. The molecule has 0 saturated carbocycles. The summed E-state index contributed by atoms with van der Waals surface area (Å²) in [5.41, 5.74) is 0. The second kappa shape index (κ2) is 9.85. The van der Waals surface area contributed by atoms with Crippen molar-refractivity contribution >= 4 is 11.9 Å². The number of amides is 1. The van der Waals surface area contributed by atoms with Gasteiger partial charge in [-0.05, 0) is 19.8 Å². The fourth-order valence-corrected chi connectivity index (χ4v) is 3.66. The smallest absolute Gasteiger partial charge is 0.306 e. The minimum atomic E-state index is -0.579. The summed E-state index contributed by atoms with van der Waals surface area (Å²) in [6, 6.07) is 0. The zero-order valence-corrected chi connectivity index (χ0v) is 16.0. The molecular formula is C19H29N3O5. The van der Waals surface area contributed by atoms with Gasteiger partial charge in [-0.3, -0.25) is 9.59 Å². The maximum absolute atomic E-state index is 12.5. The predicted molar refractivity (Wildman–Crippen MR) is 97.2 cm³/mol. The molecule has 3 rings (SSSR count). The van der Waals surface area contributed by atoms with Crippen LogP contribution in [0.25, 0.3) is 0 Å². The molecule has 1 atom stereocenters. The van der Waals surface area contributed by atoms with Gasteiger partial charge >= 0.3 is 5.97 Å². The van der Waals surface area contributed by atoms with Crippen molar-refractivity contribution in [2.24, 2.45) is 0 Å². The summed E-state index contributed by atoms with van der Waals surface area (Å²) in [5, 5.41) is 0. The first kappa shape index (κ1) is 19.8. The van der Waals surface area contributed by atoms with Crippen LogP contribution in [0.1, 0.15) is 44.3 Å². The van der Waals surface area contributed by atoms with E-state index in [4.69, 9.17) is 14.2 Å². The van der Waals surface area contributed by atoms with Crippen LogP contribution in [0, 0.1) is 0 Å². The number of nitrogens with zero attached hydrogens (tertiary/aromatic N) is 3. The zero-order chi connectivity index (χ0) is 19.1. The molecule has 27 heavy (non-hydrogen) atoms. The molecule has 1 aromatic rings. The predicted octanol–water partition coefficient (Wildman–Crippen LogP) is 1.35. The van der Waals surface area contributed by atoms with E-state index in [1.807, 2.05) is 24.2 Å². The second-order valence-electron chi connectivity index (χ2n) is 6.90. The first-order valence-corrected chi connectivity index (χ1v) is 9.83. The molecule has 2 saturated heterocycles. The van der Waals surface area contributed by atoms with Crippen LogP contribution in [-0.4, -0.2) is 71.9 Å². The van der Waals surface area contributed by atoms with Crippen molar-refractivity contribution in [3.05, 3.63) is 18.2 Å². The molecule has 0 N–H and O–H groups in total. The highest BCUT2D eigenvalue weighted by Gasteiger charge is 2.35. The number of cyclic esters (lactones) is 1. The molecule has 1 amide bonds. The summed E-state index contributed by atoms with van der Waals surface area (Å²) in [4.78, 5) is 30.0. The van der Waals surface area contributed by atoms with Crippen LogP contribution < -0.4 is 0 Å². The largest absolute Gasteiger partial charge is 0.452 e. The molecular weight excluding hydrogens is 350 g/mol. The average molecular weight is 379 g/mol. The summed E-state index contributed by atoms with van der Waals surface area (Å²) in [7, 11) is 0. The summed E-state index contributed by atoms with van der Waals surface area (Å²) in [5.74, 6) is 1.07. The van der Waals surface area contributed by atoms with Crippen LogP contribution in [-0.2, 0) is 30.3 Å². The normalized spacial score (nSPS) is 20.9. The standard InChI is InChI=1S/C19H29N3O5/c1-2-25-13-14-26-12-11-21-10-7-20-18(21)15-5-8-22(9-6-15)19(24)16-3-4-17(23)27-16/h7,10,15-16H,2-6,8-9,11-14H2,1H3. The van der Waals surface area contributed by atoms with E-state index < -0.39 is 6.10 Å². The Bertz CT molecular complexity index is 625. The Morgan fingerprint density at radius 1 is 1.22 bits per heavy atom. The molecule has 1 unspecified atom stereocenters. The number of hydrogen-bond acceptors (Lipinski definition) is 6. The number of esters is 1. The van der Waals surface area contributed by atoms with E-state index in [1.165, 1.54) is 0 Å². The van der Waals surface area contributed by atoms with Crippen molar-refractivity contribution in [2.45, 2.75) is 51.2 Å². The van der Waals surface area contributed by atoms with Gasteiger partial charge in [0.2, 0.25) is 0 Å². The lowest BCUT2D eigenvalue weighted by molar-refractivity contribution is -0.153. The monoisotopic (exact) mass is 379 g/mol. The van der Waals surface area contributed by atoms with Gasteiger partial charge in [0.15, 0.2) is 6.10 Å². The summed E-state index contributed by atoms with van der Waals surface area (Å²) in [6.07, 6.45) is 5.82. The second-order valence-corrected chi connectivity index (χ2v) is 6.90. The number of carbonyl (C=O) groups is 2. The van der Waals surface area contributed by atoms with Crippen LogP contribution in [0.3, 0.4) is 0 Å². The van der Waals surface area contributed by atoms with Gasteiger partial charge in [-0.15, -0.1) is 0 Å².